The molecule has 5 heteroatoms. The van der Waals surface area contributed by atoms with Crippen molar-refractivity contribution in [3.63, 3.8) is 0 Å². The van der Waals surface area contributed by atoms with E-state index in [4.69, 9.17) is 27.4 Å². The van der Waals surface area contributed by atoms with Crippen molar-refractivity contribution in [3.05, 3.63) is 65.0 Å². The Kier molecular flexibility index (Phi) is 5.25. The van der Waals surface area contributed by atoms with Crippen LogP contribution in [0.5, 0.6) is 5.75 Å². The minimum Gasteiger partial charge on any atom is -0.489 e. The summed E-state index contributed by atoms with van der Waals surface area (Å²) in [5, 5.41) is 0. The molecule has 21 heavy (non-hydrogen) atoms. The molecule has 0 saturated carbocycles. The van der Waals surface area contributed by atoms with Gasteiger partial charge in [0.05, 0.1) is 6.61 Å². The van der Waals surface area contributed by atoms with E-state index in [1.54, 1.807) is 13.2 Å². The molecule has 0 aliphatic carbocycles. The van der Waals surface area contributed by atoms with Gasteiger partial charge >= 0.3 is 0 Å². The summed E-state index contributed by atoms with van der Waals surface area (Å²) in [5.41, 5.74) is 7.88. The summed E-state index contributed by atoms with van der Waals surface area (Å²) in [6.07, 6.45) is 0. The molecule has 2 aromatic rings. The first kappa shape index (κ1) is 15.4. The van der Waals surface area contributed by atoms with Crippen LogP contribution in [-0.2, 0) is 18.0 Å². The van der Waals surface area contributed by atoms with E-state index >= 15 is 0 Å². The van der Waals surface area contributed by atoms with E-state index in [1.807, 2.05) is 24.3 Å². The summed E-state index contributed by atoms with van der Waals surface area (Å²) in [5.74, 6) is 0.339. The van der Waals surface area contributed by atoms with Gasteiger partial charge in [0, 0.05) is 12.7 Å². The average Bonchev–Trinajstić information content (AvgIpc) is 2.46. The molecule has 0 spiro atoms. The Morgan fingerprint density at radius 3 is 2.71 bits per heavy atom. The van der Waals surface area contributed by atoms with Crippen molar-refractivity contribution in [3.8, 4) is 5.75 Å². The molecule has 0 heterocycles. The first-order chi connectivity index (χ1) is 10.1. The van der Waals surface area contributed by atoms with E-state index in [1.165, 1.54) is 12.1 Å². The second-order valence-corrected chi connectivity index (χ2v) is 4.97. The van der Waals surface area contributed by atoms with Crippen molar-refractivity contribution in [2.75, 3.05) is 7.11 Å². The van der Waals surface area contributed by atoms with Crippen LogP contribution in [0.15, 0.2) is 42.5 Å². The third-order valence-electron chi connectivity index (χ3n) is 2.94. The maximum absolute atomic E-state index is 13.2. The number of ether oxygens (including phenoxy) is 2. The van der Waals surface area contributed by atoms with Crippen LogP contribution in [0, 0.1) is 5.82 Å². The van der Waals surface area contributed by atoms with Crippen LogP contribution in [-0.4, -0.2) is 12.1 Å². The molecule has 2 N–H and O–H groups in total. The zero-order valence-electron chi connectivity index (χ0n) is 11.6. The second-order valence-electron chi connectivity index (χ2n) is 4.53. The summed E-state index contributed by atoms with van der Waals surface area (Å²) in [7, 11) is 1.64. The molecule has 2 aromatic carbocycles. The number of hydrogen-bond acceptors (Lipinski definition) is 3. The third-order valence-corrected chi connectivity index (χ3v) is 3.16. The fraction of sp³-hybridized carbons (Fsp3) is 0.188. The van der Waals surface area contributed by atoms with E-state index in [0.717, 1.165) is 11.1 Å². The normalized spacial score (nSPS) is 10.4. The van der Waals surface area contributed by atoms with E-state index in [2.05, 4.69) is 0 Å². The van der Waals surface area contributed by atoms with Crippen molar-refractivity contribution in [1.82, 2.24) is 0 Å². The third kappa shape index (κ3) is 4.24. The van der Waals surface area contributed by atoms with Crippen LogP contribution in [0.1, 0.15) is 16.7 Å². The van der Waals surface area contributed by atoms with Gasteiger partial charge in [0.25, 0.3) is 0 Å². The summed E-state index contributed by atoms with van der Waals surface area (Å²) < 4.78 is 24.0. The van der Waals surface area contributed by atoms with Gasteiger partial charge < -0.3 is 15.2 Å². The lowest BCUT2D eigenvalue weighted by Gasteiger charge is -2.11. The van der Waals surface area contributed by atoms with E-state index < -0.39 is 0 Å². The van der Waals surface area contributed by atoms with Gasteiger partial charge in [-0.2, -0.15) is 0 Å². The van der Waals surface area contributed by atoms with Crippen LogP contribution in [0.3, 0.4) is 0 Å². The van der Waals surface area contributed by atoms with Crippen LogP contribution in [0.25, 0.3) is 0 Å². The average molecular weight is 305 g/mol. The molecule has 110 valence electrons. The maximum Gasteiger partial charge on any atom is 0.123 e. The van der Waals surface area contributed by atoms with Gasteiger partial charge in [-0.05, 0) is 35.4 Å². The molecular formula is C16H16FNO2S. The summed E-state index contributed by atoms with van der Waals surface area (Å²) >= 11 is 4.93. The number of rotatable bonds is 6. The number of benzene rings is 2. The van der Waals surface area contributed by atoms with Crippen LogP contribution in [0.2, 0.25) is 0 Å². The topological polar surface area (TPSA) is 44.5 Å². The number of hydrogen-bond donors (Lipinski definition) is 1. The standard InChI is InChI=1S/C16H16FNO2S/c1-19-9-11-3-2-4-14(7-11)20-10-12-5-6-13(17)8-15(12)16(18)21/h2-8H,9-10H2,1H3,(H2,18,21). The SMILES string of the molecule is COCc1cccc(OCc2ccc(F)cc2C(N)=S)c1. The van der Waals surface area contributed by atoms with Crippen LogP contribution >= 0.6 is 12.2 Å². The molecule has 3 nitrogen and oxygen atoms in total. The van der Waals surface area contributed by atoms with Crippen molar-refractivity contribution < 1.29 is 13.9 Å². The first-order valence-corrected chi connectivity index (χ1v) is 6.80. The van der Waals surface area contributed by atoms with Crippen LogP contribution in [0.4, 0.5) is 4.39 Å². The Labute approximate surface area is 128 Å². The van der Waals surface area contributed by atoms with E-state index in [-0.39, 0.29) is 17.4 Å². The number of thiocarbonyl (C=S) groups is 1. The van der Waals surface area contributed by atoms with Gasteiger partial charge in [-0.25, -0.2) is 4.39 Å². The minimum absolute atomic E-state index is 0.154. The lowest BCUT2D eigenvalue weighted by molar-refractivity contribution is 0.184. The summed E-state index contributed by atoms with van der Waals surface area (Å²) in [6.45, 7) is 0.787. The molecular weight excluding hydrogens is 289 g/mol. The Balaban J connectivity index is 2.13. The number of methoxy groups -OCH3 is 1. The van der Waals surface area contributed by atoms with Crippen LogP contribution < -0.4 is 10.5 Å². The Bertz CT molecular complexity index is 646. The monoisotopic (exact) mass is 305 g/mol. The highest BCUT2D eigenvalue weighted by Gasteiger charge is 2.08. The molecule has 0 aromatic heterocycles. The second kappa shape index (κ2) is 7.15. The fourth-order valence-corrected chi connectivity index (χ4v) is 2.15. The summed E-state index contributed by atoms with van der Waals surface area (Å²) in [6, 6.07) is 11.9. The zero-order valence-corrected chi connectivity index (χ0v) is 12.5. The van der Waals surface area contributed by atoms with E-state index in [9.17, 15) is 4.39 Å². The number of nitrogens with two attached hydrogens (primary N) is 1. The molecule has 0 fully saturated rings. The number of halogens is 1. The highest BCUT2D eigenvalue weighted by Crippen LogP contribution is 2.18. The predicted molar refractivity (Wildman–Crippen MR) is 83.8 cm³/mol. The first-order valence-electron chi connectivity index (χ1n) is 6.39. The maximum atomic E-state index is 13.2. The quantitative estimate of drug-likeness (QED) is 0.833. The van der Waals surface area contributed by atoms with Crippen molar-refractivity contribution in [1.29, 1.82) is 0 Å². The van der Waals surface area contributed by atoms with Crippen molar-refractivity contribution in [2.24, 2.45) is 5.73 Å². The van der Waals surface area contributed by atoms with Gasteiger partial charge in [-0.1, -0.05) is 30.4 Å². The Morgan fingerprint density at radius 1 is 1.19 bits per heavy atom. The lowest BCUT2D eigenvalue weighted by atomic mass is 10.1. The minimum atomic E-state index is -0.372. The predicted octanol–water partition coefficient (Wildman–Crippen LogP) is 3.19. The molecule has 0 saturated heterocycles. The smallest absolute Gasteiger partial charge is 0.123 e. The lowest BCUT2D eigenvalue weighted by Crippen LogP contribution is -2.14. The van der Waals surface area contributed by atoms with Crippen molar-refractivity contribution in [2.45, 2.75) is 13.2 Å². The summed E-state index contributed by atoms with van der Waals surface area (Å²) in [4.78, 5) is 0.154. The molecule has 0 aliphatic rings. The molecule has 0 atom stereocenters. The highest BCUT2D eigenvalue weighted by atomic mass is 32.1. The van der Waals surface area contributed by atoms with Crippen molar-refractivity contribution >= 4 is 17.2 Å². The molecule has 0 radical (unpaired) electrons. The molecule has 2 rings (SSSR count). The molecule has 0 amide bonds. The van der Waals surface area contributed by atoms with Gasteiger partial charge in [0.15, 0.2) is 0 Å². The fourth-order valence-electron chi connectivity index (χ4n) is 1.96. The largest absolute Gasteiger partial charge is 0.489 e. The molecule has 0 bridgehead atoms. The van der Waals surface area contributed by atoms with E-state index in [0.29, 0.717) is 17.9 Å². The molecule has 0 aliphatic heterocycles. The van der Waals surface area contributed by atoms with Gasteiger partial charge in [-0.15, -0.1) is 0 Å². The Morgan fingerprint density at radius 2 is 2.00 bits per heavy atom. The van der Waals surface area contributed by atoms with Gasteiger partial charge in [0.1, 0.15) is 23.2 Å². The molecule has 0 unspecified atom stereocenters. The van der Waals surface area contributed by atoms with Gasteiger partial charge in [-0.3, -0.25) is 0 Å². The van der Waals surface area contributed by atoms with Gasteiger partial charge in [0.2, 0.25) is 0 Å². The highest BCUT2D eigenvalue weighted by molar-refractivity contribution is 7.80. The Hall–Kier alpha value is -1.98. The zero-order chi connectivity index (χ0) is 15.2.